The second-order valence-corrected chi connectivity index (χ2v) is 5.06. The maximum absolute atomic E-state index is 11.7. The zero-order valence-corrected chi connectivity index (χ0v) is 11.1. The van der Waals surface area contributed by atoms with Crippen LogP contribution in [0.25, 0.3) is 0 Å². The molecule has 0 unspecified atom stereocenters. The van der Waals surface area contributed by atoms with Gasteiger partial charge in [-0.2, -0.15) is 4.98 Å². The average Bonchev–Trinajstić information content (AvgIpc) is 2.64. The number of rotatable bonds is 4. The lowest BCUT2D eigenvalue weighted by atomic mass is 10.2. The zero-order chi connectivity index (χ0) is 14.9. The van der Waals surface area contributed by atoms with Crippen LogP contribution < -0.4 is 17.2 Å². The topological polar surface area (TPSA) is 160 Å². The van der Waals surface area contributed by atoms with E-state index in [0.717, 1.165) is 4.57 Å². The molecule has 0 aliphatic carbocycles. The molecule has 11 heteroatoms. The smallest absolute Gasteiger partial charge is 0.351 e. The maximum Gasteiger partial charge on any atom is 0.351 e. The third-order valence-corrected chi connectivity index (χ3v) is 3.10. The van der Waals surface area contributed by atoms with Crippen molar-refractivity contribution in [3.05, 3.63) is 22.7 Å². The highest BCUT2D eigenvalue weighted by atomic mass is 31.1. The molecule has 0 saturated carbocycles. The molecule has 0 spiro atoms. The summed E-state index contributed by atoms with van der Waals surface area (Å²) in [7, 11) is -2.77. The van der Waals surface area contributed by atoms with E-state index in [1.165, 1.54) is 12.3 Å². The molecule has 1 aliphatic heterocycles. The fourth-order valence-corrected chi connectivity index (χ4v) is 2.06. The van der Waals surface area contributed by atoms with E-state index < -0.39 is 44.4 Å². The summed E-state index contributed by atoms with van der Waals surface area (Å²) in [6.07, 6.45) is -2.83. The molecule has 4 atom stereocenters. The molecule has 0 aromatic carbocycles. The highest BCUT2D eigenvalue weighted by Crippen LogP contribution is 2.28. The number of nitrogen functional groups attached to an aromatic ring is 1. The molecule has 1 fully saturated rings. The van der Waals surface area contributed by atoms with Crippen LogP contribution in [0.1, 0.15) is 6.23 Å². The number of anilines is 1. The predicted octanol–water partition coefficient (Wildman–Crippen LogP) is -1.48. The van der Waals surface area contributed by atoms with Gasteiger partial charge in [-0.15, -0.1) is 0 Å². The van der Waals surface area contributed by atoms with E-state index in [1.54, 1.807) is 0 Å². The minimum atomic E-state index is -2.77. The number of aromatic nitrogens is 2. The number of aliphatic hydroxyl groups is 1. The lowest BCUT2D eigenvalue weighted by molar-refractivity contribution is -0.148. The van der Waals surface area contributed by atoms with E-state index in [-0.39, 0.29) is 5.82 Å². The van der Waals surface area contributed by atoms with Crippen molar-refractivity contribution >= 4 is 13.5 Å². The zero-order valence-electron chi connectivity index (χ0n) is 10.2. The van der Waals surface area contributed by atoms with Crippen LogP contribution in [-0.4, -0.2) is 39.4 Å². The summed E-state index contributed by atoms with van der Waals surface area (Å²) in [5, 5.41) is 9.94. The van der Waals surface area contributed by atoms with Crippen LogP contribution in [0.2, 0.25) is 0 Å². The van der Waals surface area contributed by atoms with E-state index >= 15 is 0 Å². The molecule has 2 rings (SSSR count). The Balaban J connectivity index is 2.19. The Morgan fingerprint density at radius 1 is 1.55 bits per heavy atom. The Morgan fingerprint density at radius 3 is 2.85 bits per heavy atom. The van der Waals surface area contributed by atoms with Gasteiger partial charge < -0.3 is 26.0 Å². The van der Waals surface area contributed by atoms with Gasteiger partial charge in [0.2, 0.25) is 0 Å². The Labute approximate surface area is 113 Å². The third-order valence-electron chi connectivity index (χ3n) is 2.74. The normalized spacial score (nSPS) is 29.5. The number of nitrogens with zero attached hydrogens (tertiary/aromatic N) is 2. The Morgan fingerprint density at radius 2 is 2.25 bits per heavy atom. The van der Waals surface area contributed by atoms with E-state index in [0.29, 0.717) is 0 Å². The molecular formula is C9H13N4O6P. The van der Waals surface area contributed by atoms with E-state index in [9.17, 15) is 19.0 Å². The quantitative estimate of drug-likeness (QED) is 0.563. The summed E-state index contributed by atoms with van der Waals surface area (Å²) in [6.45, 7) is 0. The van der Waals surface area contributed by atoms with Gasteiger partial charge in [-0.05, 0) is 6.07 Å². The summed E-state index contributed by atoms with van der Waals surface area (Å²) in [5.74, 6) is 0.0270. The molecule has 20 heavy (non-hydrogen) atoms. The van der Waals surface area contributed by atoms with Crippen LogP contribution >= 0.6 is 7.68 Å². The number of hydrogen-bond acceptors (Lipinski definition) is 9. The van der Waals surface area contributed by atoms with Crippen molar-refractivity contribution in [1.29, 1.82) is 0 Å². The molecular weight excluding hydrogens is 291 g/mol. The molecule has 5 N–H and O–H groups in total. The highest BCUT2D eigenvalue weighted by molar-refractivity contribution is 7.30. The van der Waals surface area contributed by atoms with Crippen LogP contribution in [0.3, 0.4) is 0 Å². The van der Waals surface area contributed by atoms with E-state index in [4.69, 9.17) is 20.9 Å². The van der Waals surface area contributed by atoms with Gasteiger partial charge in [0.25, 0.3) is 0 Å². The number of aliphatic hydroxyl groups excluding tert-OH is 1. The van der Waals surface area contributed by atoms with E-state index in [1.807, 2.05) is 0 Å². The first kappa shape index (κ1) is 14.8. The monoisotopic (exact) mass is 304 g/mol. The summed E-state index contributed by atoms with van der Waals surface area (Å²) in [4.78, 5) is 15.1. The van der Waals surface area contributed by atoms with Crippen LogP contribution in [0.15, 0.2) is 17.1 Å². The fourth-order valence-electron chi connectivity index (χ4n) is 1.79. The predicted molar refractivity (Wildman–Crippen MR) is 65.0 cm³/mol. The van der Waals surface area contributed by atoms with Gasteiger partial charge in [0, 0.05) is 6.20 Å². The minimum absolute atomic E-state index is 0.0270. The molecule has 0 amide bonds. The first-order valence-electron chi connectivity index (χ1n) is 5.57. The van der Waals surface area contributed by atoms with Crippen LogP contribution in [0.5, 0.6) is 0 Å². The lowest BCUT2D eigenvalue weighted by Crippen LogP contribution is -2.41. The van der Waals surface area contributed by atoms with Gasteiger partial charge in [-0.25, -0.2) is 13.9 Å². The third kappa shape index (κ3) is 2.94. The summed E-state index contributed by atoms with van der Waals surface area (Å²) >= 11 is 0. The largest absolute Gasteiger partial charge is 0.387 e. The van der Waals surface area contributed by atoms with Gasteiger partial charge in [0.1, 0.15) is 11.9 Å². The summed E-state index contributed by atoms with van der Waals surface area (Å²) < 4.78 is 32.1. The van der Waals surface area contributed by atoms with E-state index in [2.05, 4.69) is 4.98 Å². The molecule has 0 radical (unpaired) electrons. The van der Waals surface area contributed by atoms with Crippen molar-refractivity contribution in [3.63, 3.8) is 0 Å². The van der Waals surface area contributed by atoms with Crippen LogP contribution in [0.4, 0.5) is 5.82 Å². The molecule has 10 nitrogen and oxygen atoms in total. The Hall–Kier alpha value is -1.58. The highest BCUT2D eigenvalue weighted by Gasteiger charge is 2.43. The second-order valence-electron chi connectivity index (χ2n) is 4.13. The van der Waals surface area contributed by atoms with Gasteiger partial charge in [0.05, 0.1) is 6.04 Å². The first-order chi connectivity index (χ1) is 9.40. The standard InChI is InChI=1S/C9H13N4O6P/c10-4-1-2-13(9(15)12-4)7-6(14)5(11)8(19-7)18-3-20(16)17/h1-2,5-8,14H,3,11H2,(H2,10,12,15)/t5-,6+,7+,8-/m0/s1. The fraction of sp³-hybridized carbons (Fsp3) is 0.556. The van der Waals surface area contributed by atoms with Gasteiger partial charge in [-0.3, -0.25) is 4.57 Å². The molecule has 110 valence electrons. The van der Waals surface area contributed by atoms with Gasteiger partial charge >= 0.3 is 13.4 Å². The van der Waals surface area contributed by atoms with Crippen molar-refractivity contribution in [3.8, 4) is 0 Å². The number of ether oxygens (including phenoxy) is 2. The summed E-state index contributed by atoms with van der Waals surface area (Å²) in [6, 6.07) is 0.352. The Bertz CT molecular complexity index is 609. The second kappa shape index (κ2) is 5.81. The van der Waals surface area contributed by atoms with Gasteiger partial charge in [0.15, 0.2) is 18.9 Å². The maximum atomic E-state index is 11.7. The lowest BCUT2D eigenvalue weighted by Gasteiger charge is -2.16. The molecule has 1 aromatic rings. The van der Waals surface area contributed by atoms with Crippen LogP contribution in [-0.2, 0) is 18.6 Å². The van der Waals surface area contributed by atoms with Crippen LogP contribution in [0, 0.1) is 0 Å². The summed E-state index contributed by atoms with van der Waals surface area (Å²) in [5.41, 5.74) is 10.3. The van der Waals surface area contributed by atoms with Crippen molar-refractivity contribution in [2.24, 2.45) is 5.73 Å². The molecule has 0 bridgehead atoms. The first-order valence-corrected chi connectivity index (χ1v) is 6.93. The molecule has 1 aromatic heterocycles. The molecule has 2 heterocycles. The minimum Gasteiger partial charge on any atom is -0.387 e. The van der Waals surface area contributed by atoms with Crippen molar-refractivity contribution in [1.82, 2.24) is 9.55 Å². The van der Waals surface area contributed by atoms with Crippen molar-refractivity contribution in [2.45, 2.75) is 24.7 Å². The van der Waals surface area contributed by atoms with Crippen molar-refractivity contribution in [2.75, 3.05) is 12.1 Å². The van der Waals surface area contributed by atoms with Gasteiger partial charge in [-0.1, -0.05) is 0 Å². The number of nitrogens with two attached hydrogens (primary N) is 2. The SMILES string of the molecule is Nc1ccn([C@@H]2O[C@H](OCP(=O)=O)[C@@H](N)[C@H]2O)c(=O)n1. The molecule has 1 saturated heterocycles. The number of hydrogen-bond donors (Lipinski definition) is 3. The molecule has 1 aliphatic rings. The van der Waals surface area contributed by atoms with Crippen molar-refractivity contribution < 1.29 is 23.7 Å². The Kier molecular flexibility index (Phi) is 4.31. The average molecular weight is 304 g/mol.